The molecular weight excluding hydrogens is 443 g/mol. The predicted molar refractivity (Wildman–Crippen MR) is 120 cm³/mol. The number of carbonyl (C=O) groups is 1. The zero-order valence-electron chi connectivity index (χ0n) is 19.5. The first kappa shape index (κ1) is 22.6. The van der Waals surface area contributed by atoms with Crippen molar-refractivity contribution in [2.45, 2.75) is 58.3 Å². The number of amides is 1. The topological polar surface area (TPSA) is 63.9 Å². The van der Waals surface area contributed by atoms with Gasteiger partial charge in [0, 0.05) is 36.0 Å². The number of alkyl halides is 3. The van der Waals surface area contributed by atoms with Gasteiger partial charge in [-0.3, -0.25) is 9.48 Å². The third-order valence-corrected chi connectivity index (χ3v) is 7.21. The van der Waals surface area contributed by atoms with Gasteiger partial charge in [0.2, 0.25) is 0 Å². The molecule has 0 spiro atoms. The molecule has 0 aliphatic carbocycles. The van der Waals surface area contributed by atoms with Crippen LogP contribution in [0.3, 0.4) is 0 Å². The summed E-state index contributed by atoms with van der Waals surface area (Å²) in [5.41, 5.74) is 2.81. The first-order valence-corrected chi connectivity index (χ1v) is 11.4. The van der Waals surface area contributed by atoms with Crippen molar-refractivity contribution in [2.75, 3.05) is 0 Å². The van der Waals surface area contributed by atoms with Gasteiger partial charge in [0.15, 0.2) is 0 Å². The lowest BCUT2D eigenvalue weighted by Crippen LogP contribution is -2.54. The molecule has 2 aliphatic rings. The molecule has 6 nitrogen and oxygen atoms in total. The summed E-state index contributed by atoms with van der Waals surface area (Å²) in [5, 5.41) is 4.28. The van der Waals surface area contributed by atoms with Crippen LogP contribution in [0.5, 0.6) is 0 Å². The van der Waals surface area contributed by atoms with E-state index in [4.69, 9.17) is 9.97 Å². The second-order valence-electron chi connectivity index (χ2n) is 9.42. The first-order valence-electron chi connectivity index (χ1n) is 11.4. The Bertz CT molecular complexity index is 1280. The van der Waals surface area contributed by atoms with Gasteiger partial charge < -0.3 is 4.90 Å². The highest BCUT2D eigenvalue weighted by atomic mass is 19.4. The molecule has 5 rings (SSSR count). The van der Waals surface area contributed by atoms with E-state index in [0.717, 1.165) is 35.0 Å². The molecule has 1 fully saturated rings. The first-order chi connectivity index (χ1) is 16.1. The van der Waals surface area contributed by atoms with E-state index >= 15 is 0 Å². The van der Waals surface area contributed by atoms with Crippen molar-refractivity contribution in [1.82, 2.24) is 24.6 Å². The second-order valence-corrected chi connectivity index (χ2v) is 9.42. The summed E-state index contributed by atoms with van der Waals surface area (Å²) in [4.78, 5) is 25.1. The van der Waals surface area contributed by atoms with E-state index in [-0.39, 0.29) is 35.0 Å². The smallest absolute Gasteiger partial charge is 0.326 e. The van der Waals surface area contributed by atoms with E-state index < -0.39 is 11.7 Å². The van der Waals surface area contributed by atoms with Gasteiger partial charge in [0.1, 0.15) is 5.82 Å². The van der Waals surface area contributed by atoms with Gasteiger partial charge in [-0.1, -0.05) is 13.0 Å². The fourth-order valence-electron chi connectivity index (χ4n) is 5.52. The molecule has 1 amide bonds. The average Bonchev–Trinajstić information content (AvgIpc) is 3.20. The fourth-order valence-corrected chi connectivity index (χ4v) is 5.52. The number of rotatable bonds is 2. The Morgan fingerprint density at radius 3 is 2.59 bits per heavy atom. The van der Waals surface area contributed by atoms with E-state index in [9.17, 15) is 18.0 Å². The Balaban J connectivity index is 1.63. The third kappa shape index (κ3) is 3.58. The molecule has 0 saturated carbocycles. The van der Waals surface area contributed by atoms with Crippen molar-refractivity contribution >= 4 is 5.91 Å². The molecule has 1 saturated heterocycles. The van der Waals surface area contributed by atoms with E-state index in [2.05, 4.69) is 12.0 Å². The van der Waals surface area contributed by atoms with Gasteiger partial charge in [-0.15, -0.1) is 0 Å². The van der Waals surface area contributed by atoms with Crippen LogP contribution in [0.25, 0.3) is 11.3 Å². The Morgan fingerprint density at radius 2 is 1.91 bits per heavy atom. The Morgan fingerprint density at radius 1 is 1.15 bits per heavy atom. The third-order valence-electron chi connectivity index (χ3n) is 7.21. The monoisotopic (exact) mass is 469 g/mol. The number of fused-ring (bicyclic) bond motifs is 4. The number of benzene rings is 1. The molecule has 2 bridgehead atoms. The lowest BCUT2D eigenvalue weighted by Gasteiger charge is -2.49. The molecule has 2 aliphatic heterocycles. The van der Waals surface area contributed by atoms with Gasteiger partial charge in [-0.2, -0.15) is 18.3 Å². The highest BCUT2D eigenvalue weighted by Gasteiger charge is 2.46. The van der Waals surface area contributed by atoms with Gasteiger partial charge in [-0.05, 0) is 56.7 Å². The van der Waals surface area contributed by atoms with Gasteiger partial charge >= 0.3 is 6.18 Å². The minimum absolute atomic E-state index is 0.0357. The summed E-state index contributed by atoms with van der Waals surface area (Å²) in [6, 6.07) is 3.39. The van der Waals surface area contributed by atoms with Crippen LogP contribution in [0.2, 0.25) is 0 Å². The van der Waals surface area contributed by atoms with Gasteiger partial charge in [0.25, 0.3) is 5.91 Å². The molecule has 178 valence electrons. The van der Waals surface area contributed by atoms with Crippen molar-refractivity contribution in [3.8, 4) is 11.3 Å². The zero-order chi connectivity index (χ0) is 24.4. The maximum atomic E-state index is 13.8. The van der Waals surface area contributed by atoms with Crippen molar-refractivity contribution in [3.63, 3.8) is 0 Å². The molecule has 3 aromatic rings. The van der Waals surface area contributed by atoms with Gasteiger partial charge in [0.05, 0.1) is 29.2 Å². The quantitative estimate of drug-likeness (QED) is 0.527. The maximum absolute atomic E-state index is 13.8. The molecule has 34 heavy (non-hydrogen) atoms. The van der Waals surface area contributed by atoms with Crippen LogP contribution in [0.15, 0.2) is 30.6 Å². The highest BCUT2D eigenvalue weighted by molar-refractivity contribution is 5.97. The van der Waals surface area contributed by atoms with Crippen LogP contribution < -0.4 is 0 Å². The lowest BCUT2D eigenvalue weighted by atomic mass is 9.75. The summed E-state index contributed by atoms with van der Waals surface area (Å²) in [6.07, 6.45) is 1.35. The number of hydrogen-bond donors (Lipinski definition) is 0. The minimum atomic E-state index is -4.51. The SMILES string of the molecule is Cc1nc(-c2cnn(C)c2)c2c(n1)[C@H]1CC[C@H](C)C(C2)N1C(=O)c1cccc(C(F)(F)F)c1C. The molecular formula is C25H26F3N5O. The standard InChI is InChI=1S/C25H26F3N5O/c1-13-8-9-20-23-18(22(30-15(3)31-23)16-11-29-32(4)12-16)10-21(13)33(20)24(34)17-6-5-7-19(14(17)2)25(26,27)28/h5-7,11-13,20-21H,8-10H2,1-4H3/t13-,20+,21?/m0/s1. The Kier molecular flexibility index (Phi) is 5.26. The number of nitrogens with zero attached hydrogens (tertiary/aromatic N) is 5. The van der Waals surface area contributed by atoms with Crippen LogP contribution in [0.1, 0.15) is 64.4 Å². The van der Waals surface area contributed by atoms with E-state index in [1.807, 2.05) is 20.2 Å². The predicted octanol–water partition coefficient (Wildman–Crippen LogP) is 5.05. The fraction of sp³-hybridized carbons (Fsp3) is 0.440. The Labute approximate surface area is 195 Å². The zero-order valence-corrected chi connectivity index (χ0v) is 19.5. The lowest BCUT2D eigenvalue weighted by molar-refractivity contribution is -0.138. The molecule has 2 aromatic heterocycles. The van der Waals surface area contributed by atoms with E-state index in [1.165, 1.54) is 19.1 Å². The van der Waals surface area contributed by atoms with Crippen LogP contribution in [-0.4, -0.2) is 36.6 Å². The number of aromatic nitrogens is 4. The number of halogens is 3. The minimum Gasteiger partial charge on any atom is -0.326 e. The molecule has 3 atom stereocenters. The van der Waals surface area contributed by atoms with Crippen molar-refractivity contribution in [3.05, 3.63) is 64.4 Å². The van der Waals surface area contributed by atoms with Crippen molar-refractivity contribution in [2.24, 2.45) is 13.0 Å². The molecule has 9 heteroatoms. The average molecular weight is 470 g/mol. The van der Waals surface area contributed by atoms with Crippen LogP contribution in [0, 0.1) is 19.8 Å². The van der Waals surface area contributed by atoms with E-state index in [0.29, 0.717) is 18.7 Å². The van der Waals surface area contributed by atoms with Crippen LogP contribution in [-0.2, 0) is 19.6 Å². The van der Waals surface area contributed by atoms with E-state index in [1.54, 1.807) is 15.8 Å². The maximum Gasteiger partial charge on any atom is 0.416 e. The molecule has 1 aromatic carbocycles. The van der Waals surface area contributed by atoms with Gasteiger partial charge in [-0.25, -0.2) is 9.97 Å². The normalized spacial score (nSPS) is 22.0. The summed E-state index contributed by atoms with van der Waals surface area (Å²) in [5.74, 6) is 0.426. The number of piperidine rings is 1. The largest absolute Gasteiger partial charge is 0.416 e. The van der Waals surface area contributed by atoms with Crippen molar-refractivity contribution < 1.29 is 18.0 Å². The summed E-state index contributed by atoms with van der Waals surface area (Å²) < 4.78 is 42.3. The molecule has 1 unspecified atom stereocenters. The summed E-state index contributed by atoms with van der Waals surface area (Å²) in [6.45, 7) is 5.30. The highest BCUT2D eigenvalue weighted by Crippen LogP contribution is 2.46. The van der Waals surface area contributed by atoms with Crippen LogP contribution >= 0.6 is 0 Å². The molecule has 4 heterocycles. The summed E-state index contributed by atoms with van der Waals surface area (Å²) >= 11 is 0. The number of carbonyl (C=O) groups excluding carboxylic acids is 1. The van der Waals surface area contributed by atoms with Crippen LogP contribution in [0.4, 0.5) is 13.2 Å². The molecule has 0 N–H and O–H groups in total. The molecule has 0 radical (unpaired) electrons. The Hall–Kier alpha value is -3.23. The van der Waals surface area contributed by atoms with Crippen molar-refractivity contribution in [1.29, 1.82) is 0 Å². The number of aryl methyl sites for hydroxylation is 2. The number of hydrogen-bond acceptors (Lipinski definition) is 4. The second kappa shape index (κ2) is 7.92. The summed E-state index contributed by atoms with van der Waals surface area (Å²) in [7, 11) is 1.85.